The summed E-state index contributed by atoms with van der Waals surface area (Å²) in [6.07, 6.45) is 3.95. The third-order valence-electron chi connectivity index (χ3n) is 2.98. The Labute approximate surface area is 102 Å². The number of nitrogens with one attached hydrogen (secondary N) is 1. The van der Waals surface area contributed by atoms with Crippen LogP contribution in [0.4, 0.5) is 0 Å². The van der Waals surface area contributed by atoms with Gasteiger partial charge < -0.3 is 15.5 Å². The second-order valence-corrected chi connectivity index (χ2v) is 4.18. The lowest BCUT2D eigenvalue weighted by Crippen LogP contribution is -2.02. The number of nitrogens with two attached hydrogens (primary N) is 1. The number of rotatable bonds is 6. The van der Waals surface area contributed by atoms with Crippen molar-refractivity contribution in [2.24, 2.45) is 5.73 Å². The Hall–Kier alpha value is -1.32. The van der Waals surface area contributed by atoms with Gasteiger partial charge in [0.05, 0.1) is 6.61 Å². The molecule has 92 valence electrons. The Balaban J connectivity index is 2.18. The standard InChI is InChI=1S/C14H20N2O/c1-2-17-8-6-11-3-4-14-13(9-11)12(5-7-15)10-16-14/h3-4,9-10,16H,2,5-8,15H2,1H3. The number of hydrogen-bond acceptors (Lipinski definition) is 2. The minimum Gasteiger partial charge on any atom is -0.381 e. The van der Waals surface area contributed by atoms with E-state index in [1.807, 2.05) is 6.92 Å². The SMILES string of the molecule is CCOCCc1ccc2[nH]cc(CCN)c2c1. The minimum atomic E-state index is 0.691. The molecule has 0 saturated carbocycles. The topological polar surface area (TPSA) is 51.0 Å². The number of aromatic nitrogens is 1. The summed E-state index contributed by atoms with van der Waals surface area (Å²) in [5.41, 5.74) is 9.43. The fraction of sp³-hybridized carbons (Fsp3) is 0.429. The van der Waals surface area contributed by atoms with Gasteiger partial charge in [0, 0.05) is 23.7 Å². The predicted octanol–water partition coefficient (Wildman–Crippen LogP) is 2.25. The van der Waals surface area contributed by atoms with Gasteiger partial charge in [-0.1, -0.05) is 6.07 Å². The maximum Gasteiger partial charge on any atom is 0.0506 e. The maximum atomic E-state index is 5.61. The number of benzene rings is 1. The molecule has 1 aromatic carbocycles. The average molecular weight is 232 g/mol. The Kier molecular flexibility index (Phi) is 4.18. The zero-order valence-electron chi connectivity index (χ0n) is 10.3. The normalized spacial score (nSPS) is 11.2. The molecule has 0 aliphatic carbocycles. The zero-order chi connectivity index (χ0) is 12.1. The van der Waals surface area contributed by atoms with Crippen LogP contribution in [0.15, 0.2) is 24.4 Å². The Morgan fingerprint density at radius 2 is 2.18 bits per heavy atom. The molecule has 3 heteroatoms. The van der Waals surface area contributed by atoms with Gasteiger partial charge in [-0.05, 0) is 49.6 Å². The Bertz CT molecular complexity index is 476. The summed E-state index contributed by atoms with van der Waals surface area (Å²) in [6.45, 7) is 4.29. The van der Waals surface area contributed by atoms with E-state index in [1.165, 1.54) is 22.0 Å². The van der Waals surface area contributed by atoms with Crippen molar-refractivity contribution < 1.29 is 4.74 Å². The summed E-state index contributed by atoms with van der Waals surface area (Å²) < 4.78 is 5.38. The lowest BCUT2D eigenvalue weighted by atomic mass is 10.1. The van der Waals surface area contributed by atoms with Crippen molar-refractivity contribution in [1.82, 2.24) is 4.98 Å². The molecule has 1 aromatic heterocycles. The molecule has 0 spiro atoms. The zero-order valence-corrected chi connectivity index (χ0v) is 10.3. The van der Waals surface area contributed by atoms with E-state index in [2.05, 4.69) is 29.4 Å². The molecule has 3 N–H and O–H groups in total. The van der Waals surface area contributed by atoms with Crippen LogP contribution in [-0.4, -0.2) is 24.7 Å². The quantitative estimate of drug-likeness (QED) is 0.750. The van der Waals surface area contributed by atoms with Crippen LogP contribution >= 0.6 is 0 Å². The molecule has 2 aromatic rings. The van der Waals surface area contributed by atoms with Gasteiger partial charge in [-0.25, -0.2) is 0 Å². The van der Waals surface area contributed by atoms with Crippen LogP contribution < -0.4 is 5.73 Å². The molecule has 0 radical (unpaired) electrons. The van der Waals surface area contributed by atoms with E-state index in [4.69, 9.17) is 10.5 Å². The van der Waals surface area contributed by atoms with Gasteiger partial charge >= 0.3 is 0 Å². The number of aromatic amines is 1. The predicted molar refractivity (Wildman–Crippen MR) is 71.3 cm³/mol. The third-order valence-corrected chi connectivity index (χ3v) is 2.98. The van der Waals surface area contributed by atoms with E-state index in [-0.39, 0.29) is 0 Å². The van der Waals surface area contributed by atoms with Gasteiger partial charge in [0.15, 0.2) is 0 Å². The van der Waals surface area contributed by atoms with E-state index in [9.17, 15) is 0 Å². The van der Waals surface area contributed by atoms with E-state index in [0.717, 1.165) is 26.1 Å². The molecule has 0 aliphatic heterocycles. The van der Waals surface area contributed by atoms with Crippen LogP contribution in [0.25, 0.3) is 10.9 Å². The minimum absolute atomic E-state index is 0.691. The van der Waals surface area contributed by atoms with Crippen LogP contribution in [0, 0.1) is 0 Å². The monoisotopic (exact) mass is 232 g/mol. The smallest absolute Gasteiger partial charge is 0.0506 e. The largest absolute Gasteiger partial charge is 0.381 e. The number of H-pyrrole nitrogens is 1. The lowest BCUT2D eigenvalue weighted by molar-refractivity contribution is 0.151. The third kappa shape index (κ3) is 2.87. The molecule has 2 rings (SSSR count). The highest BCUT2D eigenvalue weighted by molar-refractivity contribution is 5.83. The molecule has 1 heterocycles. The average Bonchev–Trinajstić information content (AvgIpc) is 2.73. The molecular weight excluding hydrogens is 212 g/mol. The first kappa shape index (κ1) is 12.1. The van der Waals surface area contributed by atoms with Crippen LogP contribution in [0.1, 0.15) is 18.1 Å². The summed E-state index contributed by atoms with van der Waals surface area (Å²) in [5.74, 6) is 0. The van der Waals surface area contributed by atoms with Crippen LogP contribution in [-0.2, 0) is 17.6 Å². The van der Waals surface area contributed by atoms with Crippen molar-refractivity contribution in [3.8, 4) is 0 Å². The molecule has 0 bridgehead atoms. The van der Waals surface area contributed by atoms with Crippen LogP contribution in [0.5, 0.6) is 0 Å². The van der Waals surface area contributed by atoms with Crippen LogP contribution in [0.2, 0.25) is 0 Å². The van der Waals surface area contributed by atoms with Crippen molar-refractivity contribution in [3.05, 3.63) is 35.5 Å². The Morgan fingerprint density at radius 1 is 1.29 bits per heavy atom. The second kappa shape index (κ2) is 5.84. The van der Waals surface area contributed by atoms with Gasteiger partial charge in [-0.15, -0.1) is 0 Å². The van der Waals surface area contributed by atoms with Gasteiger partial charge in [0.25, 0.3) is 0 Å². The number of fused-ring (bicyclic) bond motifs is 1. The molecule has 0 unspecified atom stereocenters. The summed E-state index contributed by atoms with van der Waals surface area (Å²) in [7, 11) is 0. The van der Waals surface area contributed by atoms with Crippen LogP contribution in [0.3, 0.4) is 0 Å². The molecule has 0 saturated heterocycles. The lowest BCUT2D eigenvalue weighted by Gasteiger charge is -2.03. The van der Waals surface area contributed by atoms with Crippen molar-refractivity contribution in [2.75, 3.05) is 19.8 Å². The van der Waals surface area contributed by atoms with Crippen molar-refractivity contribution >= 4 is 10.9 Å². The first-order valence-electron chi connectivity index (χ1n) is 6.22. The van der Waals surface area contributed by atoms with Gasteiger partial charge in [0.1, 0.15) is 0 Å². The summed E-state index contributed by atoms with van der Waals surface area (Å²) in [6, 6.07) is 6.54. The first-order valence-corrected chi connectivity index (χ1v) is 6.22. The fourth-order valence-electron chi connectivity index (χ4n) is 2.08. The highest BCUT2D eigenvalue weighted by atomic mass is 16.5. The van der Waals surface area contributed by atoms with Crippen molar-refractivity contribution in [2.45, 2.75) is 19.8 Å². The molecule has 0 amide bonds. The maximum absolute atomic E-state index is 5.61. The molecule has 0 aliphatic rings. The number of ether oxygens (including phenoxy) is 1. The summed E-state index contributed by atoms with van der Waals surface area (Å²) >= 11 is 0. The number of hydrogen-bond donors (Lipinski definition) is 2. The second-order valence-electron chi connectivity index (χ2n) is 4.18. The van der Waals surface area contributed by atoms with E-state index < -0.39 is 0 Å². The van der Waals surface area contributed by atoms with E-state index in [1.54, 1.807) is 0 Å². The highest BCUT2D eigenvalue weighted by Crippen LogP contribution is 2.20. The summed E-state index contributed by atoms with van der Waals surface area (Å²) in [4.78, 5) is 3.28. The summed E-state index contributed by atoms with van der Waals surface area (Å²) in [5, 5.41) is 1.30. The van der Waals surface area contributed by atoms with Crippen molar-refractivity contribution in [1.29, 1.82) is 0 Å². The fourth-order valence-corrected chi connectivity index (χ4v) is 2.08. The van der Waals surface area contributed by atoms with Gasteiger partial charge in [-0.3, -0.25) is 0 Å². The van der Waals surface area contributed by atoms with Crippen molar-refractivity contribution in [3.63, 3.8) is 0 Å². The van der Waals surface area contributed by atoms with E-state index in [0.29, 0.717) is 6.54 Å². The molecule has 17 heavy (non-hydrogen) atoms. The Morgan fingerprint density at radius 3 is 2.94 bits per heavy atom. The van der Waals surface area contributed by atoms with E-state index >= 15 is 0 Å². The molecule has 0 atom stereocenters. The first-order chi connectivity index (χ1) is 8.35. The highest BCUT2D eigenvalue weighted by Gasteiger charge is 2.04. The molecule has 0 fully saturated rings. The van der Waals surface area contributed by atoms with Gasteiger partial charge in [-0.2, -0.15) is 0 Å². The van der Waals surface area contributed by atoms with Gasteiger partial charge in [0.2, 0.25) is 0 Å². The molecule has 3 nitrogen and oxygen atoms in total. The molecular formula is C14H20N2O.